The molecule has 0 spiro atoms. The van der Waals surface area contributed by atoms with Crippen LogP contribution in [-0.4, -0.2) is 27.7 Å². The quantitative estimate of drug-likeness (QED) is 0.387. The van der Waals surface area contributed by atoms with Crippen molar-refractivity contribution in [2.24, 2.45) is 5.10 Å². The fraction of sp³-hybridized carbons (Fsp3) is 0.105. The fourth-order valence-corrected chi connectivity index (χ4v) is 3.65. The molecule has 2 aromatic heterocycles. The lowest BCUT2D eigenvalue weighted by atomic mass is 10.0. The third-order valence-corrected chi connectivity index (χ3v) is 5.05. The Hall–Kier alpha value is -2.77. The van der Waals surface area contributed by atoms with Crippen LogP contribution in [0.1, 0.15) is 12.5 Å². The summed E-state index contributed by atoms with van der Waals surface area (Å²) in [4.78, 5) is 0.998. The Balaban J connectivity index is 1.84. The van der Waals surface area contributed by atoms with Gasteiger partial charge in [-0.1, -0.05) is 36.4 Å². The van der Waals surface area contributed by atoms with Crippen LogP contribution in [0.5, 0.6) is 5.75 Å². The maximum atomic E-state index is 5.80. The van der Waals surface area contributed by atoms with Crippen LogP contribution in [0.4, 0.5) is 0 Å². The zero-order valence-electron chi connectivity index (χ0n) is 14.0. The van der Waals surface area contributed by atoms with Gasteiger partial charge >= 0.3 is 0 Å². The largest absolute Gasteiger partial charge is 0.493 e. The van der Waals surface area contributed by atoms with Gasteiger partial charge < -0.3 is 4.74 Å². The molecule has 4 rings (SSSR count). The van der Waals surface area contributed by atoms with Gasteiger partial charge in [-0.15, -0.1) is 11.3 Å². The normalized spacial score (nSPS) is 11.4. The monoisotopic (exact) mass is 380 g/mol. The fourth-order valence-electron chi connectivity index (χ4n) is 2.77. The molecular weight excluding hydrogens is 364 g/mol. The molecule has 0 saturated carbocycles. The SMILES string of the molecule is CCOc1ccc2ccccc2c1/C=N\n1c(-c2cccs2)n[nH]c1=S. The van der Waals surface area contributed by atoms with Crippen LogP contribution in [0.2, 0.25) is 0 Å². The molecule has 7 heteroatoms. The first-order valence-electron chi connectivity index (χ1n) is 8.18. The number of aromatic amines is 1. The topological polar surface area (TPSA) is 55.2 Å². The van der Waals surface area contributed by atoms with Gasteiger partial charge in [0.2, 0.25) is 4.77 Å². The Morgan fingerprint density at radius 2 is 2.12 bits per heavy atom. The van der Waals surface area contributed by atoms with E-state index in [1.807, 2.05) is 42.6 Å². The van der Waals surface area contributed by atoms with Crippen molar-refractivity contribution in [2.45, 2.75) is 6.92 Å². The molecule has 0 radical (unpaired) electrons. The molecule has 1 N–H and O–H groups in total. The predicted octanol–water partition coefficient (Wildman–Crippen LogP) is 5.10. The standard InChI is InChI=1S/C19H16N4OS2/c1-2-24-16-10-9-13-6-3-4-7-14(13)15(16)12-20-23-18(21-22-19(23)25)17-8-5-11-26-17/h3-12H,2H2,1H3,(H,22,25)/b20-12-. The summed E-state index contributed by atoms with van der Waals surface area (Å²) in [5.74, 6) is 1.49. The maximum Gasteiger partial charge on any atom is 0.216 e. The number of rotatable bonds is 5. The second kappa shape index (κ2) is 7.23. The molecule has 2 heterocycles. The second-order valence-corrected chi connectivity index (χ2v) is 6.85. The zero-order chi connectivity index (χ0) is 17.9. The van der Waals surface area contributed by atoms with Gasteiger partial charge in [-0.3, -0.25) is 0 Å². The summed E-state index contributed by atoms with van der Waals surface area (Å²) < 4.78 is 7.88. The van der Waals surface area contributed by atoms with Crippen LogP contribution in [0.25, 0.3) is 21.5 Å². The van der Waals surface area contributed by atoms with Crippen molar-refractivity contribution < 1.29 is 4.74 Å². The van der Waals surface area contributed by atoms with Gasteiger partial charge in [-0.25, -0.2) is 5.10 Å². The Labute approximate surface area is 159 Å². The second-order valence-electron chi connectivity index (χ2n) is 5.52. The Bertz CT molecular complexity index is 1130. The first-order valence-corrected chi connectivity index (χ1v) is 9.47. The number of nitrogens with one attached hydrogen (secondary N) is 1. The van der Waals surface area contributed by atoms with Crippen LogP contribution in [0, 0.1) is 4.77 Å². The van der Waals surface area contributed by atoms with E-state index in [0.717, 1.165) is 27.0 Å². The molecule has 4 aromatic rings. The number of hydrogen-bond donors (Lipinski definition) is 1. The van der Waals surface area contributed by atoms with E-state index >= 15 is 0 Å². The highest BCUT2D eigenvalue weighted by Gasteiger charge is 2.10. The highest BCUT2D eigenvalue weighted by atomic mass is 32.1. The minimum atomic E-state index is 0.447. The number of ether oxygens (including phenoxy) is 1. The molecule has 2 aromatic carbocycles. The predicted molar refractivity (Wildman–Crippen MR) is 109 cm³/mol. The van der Waals surface area contributed by atoms with Crippen molar-refractivity contribution in [2.75, 3.05) is 6.61 Å². The van der Waals surface area contributed by atoms with E-state index in [1.54, 1.807) is 22.2 Å². The van der Waals surface area contributed by atoms with E-state index in [-0.39, 0.29) is 0 Å². The molecule has 26 heavy (non-hydrogen) atoms. The summed E-state index contributed by atoms with van der Waals surface area (Å²) >= 11 is 6.94. The zero-order valence-corrected chi connectivity index (χ0v) is 15.7. The van der Waals surface area contributed by atoms with Crippen LogP contribution >= 0.6 is 23.6 Å². The number of aromatic nitrogens is 3. The van der Waals surface area contributed by atoms with Gasteiger partial charge in [0.25, 0.3) is 0 Å². The lowest BCUT2D eigenvalue weighted by molar-refractivity contribution is 0.340. The van der Waals surface area contributed by atoms with Gasteiger partial charge in [0.1, 0.15) is 5.75 Å². The van der Waals surface area contributed by atoms with Crippen LogP contribution in [0.3, 0.4) is 0 Å². The van der Waals surface area contributed by atoms with Crippen molar-refractivity contribution >= 4 is 40.5 Å². The molecule has 0 atom stereocenters. The molecule has 0 amide bonds. The summed E-state index contributed by atoms with van der Waals surface area (Å²) in [5.41, 5.74) is 0.921. The number of fused-ring (bicyclic) bond motifs is 1. The van der Waals surface area contributed by atoms with E-state index in [0.29, 0.717) is 17.2 Å². The first kappa shape index (κ1) is 16.7. The number of hydrogen-bond acceptors (Lipinski definition) is 5. The maximum absolute atomic E-state index is 5.80. The smallest absolute Gasteiger partial charge is 0.216 e. The molecule has 0 unspecified atom stereocenters. The number of benzene rings is 2. The molecular formula is C19H16N4OS2. The molecule has 0 bridgehead atoms. The molecule has 0 aliphatic carbocycles. The van der Waals surface area contributed by atoms with Crippen LogP contribution in [-0.2, 0) is 0 Å². The van der Waals surface area contributed by atoms with E-state index in [4.69, 9.17) is 17.0 Å². The van der Waals surface area contributed by atoms with E-state index in [1.165, 1.54) is 0 Å². The Kier molecular flexibility index (Phi) is 4.64. The molecule has 0 aliphatic rings. The van der Waals surface area contributed by atoms with Gasteiger partial charge in [0, 0.05) is 5.56 Å². The van der Waals surface area contributed by atoms with E-state index in [2.05, 4.69) is 33.5 Å². The lowest BCUT2D eigenvalue weighted by Gasteiger charge is -2.10. The molecule has 130 valence electrons. The average molecular weight is 380 g/mol. The summed E-state index contributed by atoms with van der Waals surface area (Å²) in [6.07, 6.45) is 1.79. The number of nitrogens with zero attached hydrogens (tertiary/aromatic N) is 3. The van der Waals surface area contributed by atoms with Gasteiger partial charge in [-0.05, 0) is 47.4 Å². The van der Waals surface area contributed by atoms with Gasteiger partial charge in [-0.2, -0.15) is 14.9 Å². The van der Waals surface area contributed by atoms with Crippen molar-refractivity contribution in [1.29, 1.82) is 0 Å². The minimum absolute atomic E-state index is 0.447. The summed E-state index contributed by atoms with van der Waals surface area (Å²) in [6.45, 7) is 2.56. The third kappa shape index (κ3) is 3.07. The molecule has 0 saturated heterocycles. The summed E-state index contributed by atoms with van der Waals surface area (Å²) in [6, 6.07) is 16.2. The van der Waals surface area contributed by atoms with Gasteiger partial charge in [0.05, 0.1) is 17.7 Å². The highest BCUT2D eigenvalue weighted by molar-refractivity contribution is 7.71. The molecule has 0 fully saturated rings. The van der Waals surface area contributed by atoms with Crippen molar-refractivity contribution in [3.63, 3.8) is 0 Å². The van der Waals surface area contributed by atoms with Crippen LogP contribution in [0.15, 0.2) is 59.0 Å². The molecule has 5 nitrogen and oxygen atoms in total. The first-order chi connectivity index (χ1) is 12.8. The Morgan fingerprint density at radius 1 is 1.23 bits per heavy atom. The van der Waals surface area contributed by atoms with Crippen molar-refractivity contribution in [3.05, 3.63) is 64.2 Å². The van der Waals surface area contributed by atoms with Gasteiger partial charge in [0.15, 0.2) is 5.82 Å². The summed E-state index contributed by atoms with van der Waals surface area (Å²) in [5, 5.41) is 15.9. The van der Waals surface area contributed by atoms with E-state index < -0.39 is 0 Å². The minimum Gasteiger partial charge on any atom is -0.493 e. The number of thiophene rings is 1. The van der Waals surface area contributed by atoms with Crippen LogP contribution < -0.4 is 4.74 Å². The highest BCUT2D eigenvalue weighted by Crippen LogP contribution is 2.27. The summed E-state index contributed by atoms with van der Waals surface area (Å²) in [7, 11) is 0. The lowest BCUT2D eigenvalue weighted by Crippen LogP contribution is -1.99. The van der Waals surface area contributed by atoms with Crippen molar-refractivity contribution in [1.82, 2.24) is 14.9 Å². The number of H-pyrrole nitrogens is 1. The average Bonchev–Trinajstić information content (AvgIpc) is 3.31. The van der Waals surface area contributed by atoms with Crippen molar-refractivity contribution in [3.8, 4) is 16.5 Å². The van der Waals surface area contributed by atoms with E-state index in [9.17, 15) is 0 Å². The molecule has 0 aliphatic heterocycles. The third-order valence-electron chi connectivity index (χ3n) is 3.92. The Morgan fingerprint density at radius 3 is 2.92 bits per heavy atom.